The van der Waals surface area contributed by atoms with Gasteiger partial charge in [0, 0.05) is 24.7 Å². The highest BCUT2D eigenvalue weighted by molar-refractivity contribution is 7.88. The first kappa shape index (κ1) is 27.8. The lowest BCUT2D eigenvalue weighted by atomic mass is 9.91. The Labute approximate surface area is 224 Å². The molecule has 0 saturated heterocycles. The molecule has 2 aromatic rings. The first-order chi connectivity index (χ1) is 17.8. The Morgan fingerprint density at radius 1 is 1.11 bits per heavy atom. The third-order valence-electron chi connectivity index (χ3n) is 7.03. The quantitative estimate of drug-likeness (QED) is 0.282. The number of rotatable bonds is 10. The minimum absolute atomic E-state index is 0.127. The number of aliphatic hydroxyl groups is 1. The minimum atomic E-state index is -3.33. The number of hydrogen-bond donors (Lipinski definition) is 5. The normalized spacial score (nSPS) is 22.1. The van der Waals surface area contributed by atoms with Gasteiger partial charge >= 0.3 is 0 Å². The second-order valence-electron chi connectivity index (χ2n) is 9.82. The molecule has 3 atom stereocenters. The first-order valence-corrected chi connectivity index (χ1v) is 15.1. The highest BCUT2D eigenvalue weighted by atomic mass is 35.5. The number of nitrogens with one attached hydrogen (secondary N) is 4. The summed E-state index contributed by atoms with van der Waals surface area (Å²) in [6.07, 6.45) is 10.1. The molecule has 37 heavy (non-hydrogen) atoms. The van der Waals surface area contributed by atoms with Gasteiger partial charge in [0.1, 0.15) is 10.8 Å². The molecular weight excluding hydrogens is 516 g/mol. The zero-order valence-corrected chi connectivity index (χ0v) is 23.0. The Kier molecular flexibility index (Phi) is 9.46. The molecule has 0 aliphatic heterocycles. The van der Waals surface area contributed by atoms with Crippen LogP contribution in [0.15, 0.2) is 18.3 Å². The van der Waals surface area contributed by atoms with Gasteiger partial charge in [-0.1, -0.05) is 24.4 Å². The molecule has 0 radical (unpaired) electrons. The molecule has 0 bridgehead atoms. The molecule has 1 heterocycles. The van der Waals surface area contributed by atoms with Gasteiger partial charge in [-0.15, -0.1) is 0 Å². The molecule has 5 N–H and O–H groups in total. The second kappa shape index (κ2) is 12.6. The van der Waals surface area contributed by atoms with Gasteiger partial charge in [-0.05, 0) is 61.8 Å². The molecule has 1 fully saturated rings. The van der Waals surface area contributed by atoms with E-state index in [4.69, 9.17) is 21.4 Å². The standard InChI is InChI=1S/C25H37ClN6O4S/c1-36-23-14-17-8-10-18(27-11-12-33)9-7-16(17)13-22(23)30-25-28-15-19(26)24(31-25)29-20-5-3-4-6-21(20)32-37(2,34)35/h13-15,18,20-21,27,32-33H,3-12H2,1-2H3,(H2,28,29,30,31)/t18?,20-,21-/m1/s1. The average Bonchev–Trinajstić information content (AvgIpc) is 3.06. The fourth-order valence-corrected chi connectivity index (χ4v) is 6.20. The third kappa shape index (κ3) is 7.67. The molecule has 0 amide bonds. The van der Waals surface area contributed by atoms with Crippen LogP contribution in [0.4, 0.5) is 17.5 Å². The Morgan fingerprint density at radius 2 is 1.81 bits per heavy atom. The maximum Gasteiger partial charge on any atom is 0.229 e. The van der Waals surface area contributed by atoms with E-state index in [1.54, 1.807) is 7.11 Å². The molecule has 12 heteroatoms. The number of nitrogens with zero attached hydrogens (tertiary/aromatic N) is 2. The van der Waals surface area contributed by atoms with Crippen LogP contribution in [0.25, 0.3) is 0 Å². The van der Waals surface area contributed by atoms with E-state index in [9.17, 15) is 8.42 Å². The van der Waals surface area contributed by atoms with Crippen LogP contribution in [-0.2, 0) is 22.9 Å². The maximum atomic E-state index is 11.8. The molecule has 2 aliphatic carbocycles. The van der Waals surface area contributed by atoms with Crippen molar-refractivity contribution in [2.75, 3.05) is 37.2 Å². The van der Waals surface area contributed by atoms with Crippen LogP contribution in [0.5, 0.6) is 5.75 Å². The van der Waals surface area contributed by atoms with Crippen LogP contribution in [0.3, 0.4) is 0 Å². The lowest BCUT2D eigenvalue weighted by Crippen LogP contribution is -2.48. The average molecular weight is 553 g/mol. The lowest BCUT2D eigenvalue weighted by molar-refractivity contribution is 0.280. The van der Waals surface area contributed by atoms with E-state index < -0.39 is 10.0 Å². The summed E-state index contributed by atoms with van der Waals surface area (Å²) in [5, 5.41) is 19.6. The summed E-state index contributed by atoms with van der Waals surface area (Å²) in [5.41, 5.74) is 3.28. The smallest absolute Gasteiger partial charge is 0.229 e. The van der Waals surface area contributed by atoms with Crippen LogP contribution < -0.4 is 25.4 Å². The van der Waals surface area contributed by atoms with Gasteiger partial charge in [-0.25, -0.2) is 18.1 Å². The fourth-order valence-electron chi connectivity index (χ4n) is 5.22. The number of sulfonamides is 1. The number of aromatic nitrogens is 2. The number of anilines is 3. The Hall–Kier alpha value is -2.18. The van der Waals surface area contributed by atoms with Gasteiger partial charge < -0.3 is 25.8 Å². The van der Waals surface area contributed by atoms with E-state index in [-0.39, 0.29) is 18.7 Å². The van der Waals surface area contributed by atoms with Crippen molar-refractivity contribution in [3.8, 4) is 5.75 Å². The molecule has 1 aromatic carbocycles. The van der Waals surface area contributed by atoms with Crippen molar-refractivity contribution in [2.24, 2.45) is 0 Å². The SMILES string of the molecule is COc1cc2c(cc1Nc1ncc(Cl)c(N[C@@H]3CCCC[C@H]3NS(C)(=O)=O)n1)CCC(NCCO)CC2. The van der Waals surface area contributed by atoms with Gasteiger partial charge in [-0.3, -0.25) is 0 Å². The molecular formula is C25H37ClN6O4S. The summed E-state index contributed by atoms with van der Waals surface area (Å²) < 4.78 is 32.1. The number of benzene rings is 1. The highest BCUT2D eigenvalue weighted by Gasteiger charge is 2.28. The first-order valence-electron chi connectivity index (χ1n) is 12.8. The maximum absolute atomic E-state index is 11.8. The van der Waals surface area contributed by atoms with Crippen molar-refractivity contribution < 1.29 is 18.3 Å². The van der Waals surface area contributed by atoms with Crippen LogP contribution in [0.1, 0.15) is 49.7 Å². The molecule has 2 aliphatic rings. The van der Waals surface area contributed by atoms with E-state index >= 15 is 0 Å². The Balaban J connectivity index is 1.51. The summed E-state index contributed by atoms with van der Waals surface area (Å²) in [5.74, 6) is 1.53. The molecule has 1 unspecified atom stereocenters. The van der Waals surface area contributed by atoms with Crippen molar-refractivity contribution >= 4 is 39.1 Å². The van der Waals surface area contributed by atoms with E-state index in [2.05, 4.69) is 42.8 Å². The summed E-state index contributed by atoms with van der Waals surface area (Å²) in [6, 6.07) is 4.19. The van der Waals surface area contributed by atoms with Crippen molar-refractivity contribution in [2.45, 2.75) is 69.5 Å². The van der Waals surface area contributed by atoms with Crippen LogP contribution >= 0.6 is 11.6 Å². The van der Waals surface area contributed by atoms with Gasteiger partial charge in [0.2, 0.25) is 16.0 Å². The Bertz CT molecular complexity index is 1180. The molecule has 0 spiro atoms. The topological polar surface area (TPSA) is 138 Å². The molecule has 10 nitrogen and oxygen atoms in total. The summed E-state index contributed by atoms with van der Waals surface area (Å²) >= 11 is 6.42. The van der Waals surface area contributed by atoms with Crippen LogP contribution in [0.2, 0.25) is 5.02 Å². The van der Waals surface area contributed by atoms with Gasteiger partial charge in [0.15, 0.2) is 5.82 Å². The van der Waals surface area contributed by atoms with E-state index in [1.165, 1.54) is 23.6 Å². The minimum Gasteiger partial charge on any atom is -0.495 e. The number of ether oxygens (including phenoxy) is 1. The fraction of sp³-hybridized carbons (Fsp3) is 0.600. The van der Waals surface area contributed by atoms with Gasteiger partial charge in [-0.2, -0.15) is 4.98 Å². The highest BCUT2D eigenvalue weighted by Crippen LogP contribution is 2.34. The third-order valence-corrected chi connectivity index (χ3v) is 8.04. The number of fused-ring (bicyclic) bond motifs is 1. The van der Waals surface area contributed by atoms with E-state index in [1.807, 2.05) is 0 Å². The summed E-state index contributed by atoms with van der Waals surface area (Å²) in [4.78, 5) is 8.98. The molecule has 1 saturated carbocycles. The van der Waals surface area contributed by atoms with Crippen molar-refractivity contribution in [1.82, 2.24) is 20.0 Å². The van der Waals surface area contributed by atoms with Crippen molar-refractivity contribution in [1.29, 1.82) is 0 Å². The monoisotopic (exact) mass is 552 g/mol. The van der Waals surface area contributed by atoms with Crippen LogP contribution in [-0.4, -0.2) is 68.1 Å². The van der Waals surface area contributed by atoms with Crippen LogP contribution in [0, 0.1) is 0 Å². The molecule has 1 aromatic heterocycles. The van der Waals surface area contributed by atoms with Crippen molar-refractivity contribution in [3.05, 3.63) is 34.5 Å². The zero-order valence-electron chi connectivity index (χ0n) is 21.4. The second-order valence-corrected chi connectivity index (χ2v) is 12.0. The van der Waals surface area contributed by atoms with Gasteiger partial charge in [0.05, 0.1) is 31.9 Å². The Morgan fingerprint density at radius 3 is 2.49 bits per heavy atom. The molecule has 4 rings (SSSR count). The number of hydrogen-bond acceptors (Lipinski definition) is 9. The predicted molar refractivity (Wildman–Crippen MR) is 146 cm³/mol. The number of aliphatic hydroxyl groups excluding tert-OH is 1. The summed E-state index contributed by atoms with van der Waals surface area (Å²) in [6.45, 7) is 0.742. The molecule has 204 valence electrons. The van der Waals surface area contributed by atoms with E-state index in [0.717, 1.165) is 57.1 Å². The van der Waals surface area contributed by atoms with Crippen molar-refractivity contribution in [3.63, 3.8) is 0 Å². The predicted octanol–water partition coefficient (Wildman–Crippen LogP) is 2.98. The van der Waals surface area contributed by atoms with E-state index in [0.29, 0.717) is 35.1 Å². The van der Waals surface area contributed by atoms with Gasteiger partial charge in [0.25, 0.3) is 0 Å². The lowest BCUT2D eigenvalue weighted by Gasteiger charge is -2.32. The number of halogens is 1. The number of methoxy groups -OCH3 is 1. The number of aryl methyl sites for hydroxylation is 2. The zero-order chi connectivity index (χ0) is 26.4. The summed E-state index contributed by atoms with van der Waals surface area (Å²) in [7, 11) is -1.69. The largest absolute Gasteiger partial charge is 0.495 e.